The molecular formula is C16H10N2. The Morgan fingerprint density at radius 1 is 0.722 bits per heavy atom. The molecule has 0 saturated heterocycles. The minimum atomic E-state index is 1.19. The van der Waals surface area contributed by atoms with E-state index in [0.29, 0.717) is 0 Å². The zero-order valence-electron chi connectivity index (χ0n) is 9.62. The number of aromatic nitrogens is 2. The third-order valence-corrected chi connectivity index (χ3v) is 3.94. The summed E-state index contributed by atoms with van der Waals surface area (Å²) in [4.78, 5) is 6.82. The Hall–Kier alpha value is -2.48. The molecule has 0 atom stereocenters. The van der Waals surface area contributed by atoms with Crippen LogP contribution >= 0.6 is 0 Å². The van der Waals surface area contributed by atoms with E-state index in [-0.39, 0.29) is 0 Å². The molecule has 0 spiro atoms. The molecule has 2 heteroatoms. The van der Waals surface area contributed by atoms with Gasteiger partial charge in [0.05, 0.1) is 0 Å². The van der Waals surface area contributed by atoms with Crippen LogP contribution in [0.4, 0.5) is 0 Å². The van der Waals surface area contributed by atoms with Crippen LogP contribution in [0, 0.1) is 0 Å². The van der Waals surface area contributed by atoms with Crippen LogP contribution in [0.25, 0.3) is 43.5 Å². The second-order valence-corrected chi connectivity index (χ2v) is 4.88. The van der Waals surface area contributed by atoms with Gasteiger partial charge in [0.25, 0.3) is 0 Å². The molecule has 0 aliphatic carbocycles. The molecule has 0 bridgehead atoms. The Morgan fingerprint density at radius 3 is 2.72 bits per heavy atom. The number of hydrogen-bond acceptors (Lipinski definition) is 0. The third kappa shape index (κ3) is 0.830. The average Bonchev–Trinajstić information content (AvgIpc) is 2.99. The predicted molar refractivity (Wildman–Crippen MR) is 76.4 cm³/mol. The molecule has 5 aromatic rings. The smallest absolute Gasteiger partial charge is 0.0492 e. The van der Waals surface area contributed by atoms with Gasteiger partial charge in [-0.2, -0.15) is 0 Å². The molecule has 2 heterocycles. The van der Waals surface area contributed by atoms with E-state index in [4.69, 9.17) is 0 Å². The van der Waals surface area contributed by atoms with Crippen molar-refractivity contribution in [3.8, 4) is 0 Å². The van der Waals surface area contributed by atoms with Gasteiger partial charge in [0.15, 0.2) is 0 Å². The van der Waals surface area contributed by atoms with Gasteiger partial charge in [-0.25, -0.2) is 0 Å². The molecule has 2 aromatic heterocycles. The van der Waals surface area contributed by atoms with Crippen LogP contribution in [0.1, 0.15) is 0 Å². The van der Waals surface area contributed by atoms with E-state index in [1.165, 1.54) is 43.5 Å². The Morgan fingerprint density at radius 2 is 1.72 bits per heavy atom. The normalized spacial score (nSPS) is 12.4. The van der Waals surface area contributed by atoms with Crippen LogP contribution in [0.2, 0.25) is 0 Å². The monoisotopic (exact) mass is 230 g/mol. The first-order chi connectivity index (χ1) is 8.92. The molecule has 5 rings (SSSR count). The highest BCUT2D eigenvalue weighted by atomic mass is 14.7. The van der Waals surface area contributed by atoms with Gasteiger partial charge >= 0.3 is 0 Å². The van der Waals surface area contributed by atoms with Crippen molar-refractivity contribution in [3.05, 3.63) is 48.7 Å². The van der Waals surface area contributed by atoms with Gasteiger partial charge in [0, 0.05) is 38.9 Å². The Kier molecular flexibility index (Phi) is 1.27. The molecular weight excluding hydrogens is 220 g/mol. The van der Waals surface area contributed by atoms with Crippen molar-refractivity contribution in [1.82, 2.24) is 9.97 Å². The predicted octanol–water partition coefficient (Wildman–Crippen LogP) is 4.39. The number of hydrogen-bond donors (Lipinski definition) is 2. The molecule has 2 N–H and O–H groups in total. The Labute approximate surface area is 103 Å². The second-order valence-electron chi connectivity index (χ2n) is 4.88. The molecule has 0 unspecified atom stereocenters. The number of benzene rings is 3. The molecule has 0 radical (unpaired) electrons. The standard InChI is InChI=1S/C16H10N2/c1-2-9-4-5-11-10-6-7-17-13(10)8-14-16(11)15(9)12(3-1)18-14/h1-8,17-18H. The van der Waals surface area contributed by atoms with E-state index < -0.39 is 0 Å². The van der Waals surface area contributed by atoms with Gasteiger partial charge < -0.3 is 9.97 Å². The van der Waals surface area contributed by atoms with Crippen molar-refractivity contribution in [2.24, 2.45) is 0 Å². The van der Waals surface area contributed by atoms with E-state index in [1.54, 1.807) is 0 Å². The zero-order chi connectivity index (χ0) is 11.7. The van der Waals surface area contributed by atoms with E-state index in [0.717, 1.165) is 0 Å². The number of H-pyrrole nitrogens is 2. The summed E-state index contributed by atoms with van der Waals surface area (Å²) in [6.45, 7) is 0. The summed E-state index contributed by atoms with van der Waals surface area (Å²) < 4.78 is 0. The molecule has 0 aliphatic rings. The Balaban J connectivity index is 2.29. The Bertz CT molecular complexity index is 1020. The molecule has 3 aromatic carbocycles. The summed E-state index contributed by atoms with van der Waals surface area (Å²) in [5.41, 5.74) is 3.63. The van der Waals surface area contributed by atoms with Gasteiger partial charge in [0.2, 0.25) is 0 Å². The second kappa shape index (κ2) is 2.67. The van der Waals surface area contributed by atoms with Crippen molar-refractivity contribution in [1.29, 1.82) is 0 Å². The summed E-state index contributed by atoms with van der Waals surface area (Å²) in [7, 11) is 0. The minimum absolute atomic E-state index is 1.19. The van der Waals surface area contributed by atoms with E-state index >= 15 is 0 Å². The van der Waals surface area contributed by atoms with Gasteiger partial charge in [-0.15, -0.1) is 0 Å². The quantitative estimate of drug-likeness (QED) is 0.370. The first-order valence-electron chi connectivity index (χ1n) is 6.14. The van der Waals surface area contributed by atoms with Crippen molar-refractivity contribution in [2.75, 3.05) is 0 Å². The molecule has 0 amide bonds. The van der Waals surface area contributed by atoms with E-state index in [2.05, 4.69) is 52.4 Å². The van der Waals surface area contributed by atoms with Gasteiger partial charge in [-0.1, -0.05) is 24.3 Å². The molecule has 18 heavy (non-hydrogen) atoms. The molecule has 2 nitrogen and oxygen atoms in total. The number of nitrogens with one attached hydrogen (secondary N) is 2. The van der Waals surface area contributed by atoms with Crippen molar-refractivity contribution < 1.29 is 0 Å². The van der Waals surface area contributed by atoms with Crippen LogP contribution in [-0.4, -0.2) is 9.97 Å². The van der Waals surface area contributed by atoms with Crippen molar-refractivity contribution in [2.45, 2.75) is 0 Å². The lowest BCUT2D eigenvalue weighted by Gasteiger charge is -2.02. The molecule has 0 fully saturated rings. The lowest BCUT2D eigenvalue weighted by atomic mass is 10.00. The lowest BCUT2D eigenvalue weighted by molar-refractivity contribution is 1.47. The van der Waals surface area contributed by atoms with Crippen molar-refractivity contribution in [3.63, 3.8) is 0 Å². The molecule has 0 saturated carbocycles. The van der Waals surface area contributed by atoms with Crippen LogP contribution in [0.15, 0.2) is 48.7 Å². The van der Waals surface area contributed by atoms with Crippen LogP contribution in [0.3, 0.4) is 0 Å². The summed E-state index contributed by atoms with van der Waals surface area (Å²) in [6, 6.07) is 15.2. The number of aromatic amines is 2. The number of fused-ring (bicyclic) bond motifs is 2. The molecule has 0 aliphatic heterocycles. The summed E-state index contributed by atoms with van der Waals surface area (Å²) in [6.07, 6.45) is 2.01. The van der Waals surface area contributed by atoms with E-state index in [9.17, 15) is 0 Å². The highest BCUT2D eigenvalue weighted by Gasteiger charge is 2.12. The van der Waals surface area contributed by atoms with Crippen LogP contribution in [0.5, 0.6) is 0 Å². The summed E-state index contributed by atoms with van der Waals surface area (Å²) >= 11 is 0. The highest BCUT2D eigenvalue weighted by molar-refractivity contribution is 6.28. The van der Waals surface area contributed by atoms with Crippen LogP contribution < -0.4 is 0 Å². The van der Waals surface area contributed by atoms with Gasteiger partial charge in [-0.3, -0.25) is 0 Å². The fourth-order valence-electron chi connectivity index (χ4n) is 3.18. The zero-order valence-corrected chi connectivity index (χ0v) is 9.62. The first kappa shape index (κ1) is 8.59. The largest absolute Gasteiger partial charge is 0.361 e. The lowest BCUT2D eigenvalue weighted by Crippen LogP contribution is -1.77. The third-order valence-electron chi connectivity index (χ3n) is 3.94. The first-order valence-corrected chi connectivity index (χ1v) is 6.14. The number of rotatable bonds is 0. The fourth-order valence-corrected chi connectivity index (χ4v) is 3.18. The SMILES string of the molecule is c1cc2ccc3c4cc[nH]c4cc4[nH]c(c1)c2c43. The summed E-state index contributed by atoms with van der Waals surface area (Å²) in [5.74, 6) is 0. The fraction of sp³-hybridized carbons (Fsp3) is 0. The maximum atomic E-state index is 3.52. The minimum Gasteiger partial charge on any atom is -0.361 e. The maximum absolute atomic E-state index is 3.52. The van der Waals surface area contributed by atoms with Crippen molar-refractivity contribution >= 4 is 43.5 Å². The highest BCUT2D eigenvalue weighted by Crippen LogP contribution is 2.37. The maximum Gasteiger partial charge on any atom is 0.0492 e. The topological polar surface area (TPSA) is 31.6 Å². The van der Waals surface area contributed by atoms with Gasteiger partial charge in [0.1, 0.15) is 0 Å². The summed E-state index contributed by atoms with van der Waals surface area (Å²) in [5, 5.41) is 6.65. The van der Waals surface area contributed by atoms with Crippen LogP contribution in [-0.2, 0) is 0 Å². The van der Waals surface area contributed by atoms with E-state index in [1.807, 2.05) is 6.20 Å². The average molecular weight is 230 g/mol. The van der Waals surface area contributed by atoms with Gasteiger partial charge in [-0.05, 0) is 29.0 Å². The molecule has 84 valence electrons.